The van der Waals surface area contributed by atoms with Crippen molar-refractivity contribution < 1.29 is 19.1 Å². The van der Waals surface area contributed by atoms with Crippen molar-refractivity contribution in [3.05, 3.63) is 120 Å². The molecule has 0 saturated carbocycles. The van der Waals surface area contributed by atoms with Gasteiger partial charge in [0.2, 0.25) is 5.95 Å². The summed E-state index contributed by atoms with van der Waals surface area (Å²) in [5.74, 6) is 0.218. The molecule has 1 atom stereocenters. The summed E-state index contributed by atoms with van der Waals surface area (Å²) in [5, 5.41) is 13.0. The fourth-order valence-electron chi connectivity index (χ4n) is 7.51. The van der Waals surface area contributed by atoms with Gasteiger partial charge in [-0.15, -0.1) is 5.10 Å². The van der Waals surface area contributed by atoms with Gasteiger partial charge in [0.15, 0.2) is 5.54 Å². The normalized spacial score (nSPS) is 17.2. The molecule has 2 saturated heterocycles. The first-order valence-electron chi connectivity index (χ1n) is 19.2. The average molecular weight is 764 g/mol. The van der Waals surface area contributed by atoms with Crippen LogP contribution in [0, 0.1) is 6.92 Å². The fraction of sp³-hybridized carbons (Fsp3) is 0.295. The highest BCUT2D eigenvalue weighted by Crippen LogP contribution is 2.35. The first kappa shape index (κ1) is 37.3. The van der Waals surface area contributed by atoms with E-state index in [1.165, 1.54) is 0 Å². The number of para-hydroxylation sites is 2. The number of aromatic nitrogens is 5. The van der Waals surface area contributed by atoms with Gasteiger partial charge in [0.05, 0.1) is 24.0 Å². The SMILES string of the molecule is Cc1ccc(-c2cn(C3(C(=O)N4CCN(c5nc(-c6ccccc6)c6ccccc6n5)CC4)CCN(C(=O)OC(C)(C)C)C3)nn2)cc1C(=O)Nc1ccccc1. The van der Waals surface area contributed by atoms with Gasteiger partial charge in [-0.1, -0.05) is 84.1 Å². The van der Waals surface area contributed by atoms with E-state index in [1.54, 1.807) is 21.8 Å². The third kappa shape index (κ3) is 7.65. The second-order valence-electron chi connectivity index (χ2n) is 15.6. The zero-order valence-electron chi connectivity index (χ0n) is 32.6. The molecule has 13 nitrogen and oxygen atoms in total. The lowest BCUT2D eigenvalue weighted by atomic mass is 9.95. The maximum atomic E-state index is 14.9. The third-order valence-electron chi connectivity index (χ3n) is 10.5. The Labute approximate surface area is 331 Å². The number of anilines is 2. The highest BCUT2D eigenvalue weighted by molar-refractivity contribution is 6.06. The van der Waals surface area contributed by atoms with Crippen molar-refractivity contribution in [3.8, 4) is 22.5 Å². The lowest BCUT2D eigenvalue weighted by Gasteiger charge is -2.39. The molecular weight excluding hydrogens is 719 g/mol. The monoisotopic (exact) mass is 763 g/mol. The standard InChI is InChI=1S/C44H45N9O4/c1-30-19-20-32(27-35(30)39(54)45-33-15-9-6-10-16-33)37-28-53(49-48-37)44(21-22-52(29-44)42(56)57-43(2,3)4)40(55)50-23-25-51(26-24-50)41-46-36-18-12-11-17-34(36)38(47-41)31-13-7-5-8-14-31/h5-20,27-28H,21-26,29H2,1-4H3,(H,45,54). The van der Waals surface area contributed by atoms with Crippen LogP contribution in [0.3, 0.4) is 0 Å². The van der Waals surface area contributed by atoms with E-state index in [0.717, 1.165) is 27.7 Å². The number of carbonyl (C=O) groups excluding carboxylic acids is 3. The maximum Gasteiger partial charge on any atom is 0.410 e. The van der Waals surface area contributed by atoms with Gasteiger partial charge < -0.3 is 24.8 Å². The molecule has 0 radical (unpaired) electrons. The zero-order valence-corrected chi connectivity index (χ0v) is 32.6. The van der Waals surface area contributed by atoms with Gasteiger partial charge in [-0.3, -0.25) is 9.59 Å². The van der Waals surface area contributed by atoms with Crippen LogP contribution in [0.4, 0.5) is 16.4 Å². The van der Waals surface area contributed by atoms with Gasteiger partial charge in [0.25, 0.3) is 11.8 Å². The van der Waals surface area contributed by atoms with Crippen LogP contribution in [0.5, 0.6) is 0 Å². The first-order chi connectivity index (χ1) is 27.5. The van der Waals surface area contributed by atoms with E-state index in [9.17, 15) is 14.4 Å². The summed E-state index contributed by atoms with van der Waals surface area (Å²) in [6.45, 7) is 9.59. The van der Waals surface area contributed by atoms with Crippen molar-refractivity contribution in [2.45, 2.75) is 45.3 Å². The van der Waals surface area contributed by atoms with Gasteiger partial charge in [-0.2, -0.15) is 0 Å². The number of carbonyl (C=O) groups is 3. The van der Waals surface area contributed by atoms with E-state index in [0.29, 0.717) is 67.6 Å². The molecule has 8 rings (SSSR count). The Bertz CT molecular complexity index is 2440. The smallest absolute Gasteiger partial charge is 0.410 e. The molecule has 2 fully saturated rings. The Balaban J connectivity index is 1.06. The Morgan fingerprint density at radius 1 is 0.772 bits per heavy atom. The molecule has 290 valence electrons. The molecule has 6 aromatic rings. The number of fused-ring (bicyclic) bond motifs is 1. The minimum absolute atomic E-state index is 0.0661. The highest BCUT2D eigenvalue weighted by Gasteiger charge is 2.51. The van der Waals surface area contributed by atoms with Gasteiger partial charge in [0.1, 0.15) is 11.3 Å². The Morgan fingerprint density at radius 2 is 1.47 bits per heavy atom. The lowest BCUT2D eigenvalue weighted by Crippen LogP contribution is -2.58. The number of piperazine rings is 1. The van der Waals surface area contributed by atoms with Crippen LogP contribution < -0.4 is 10.2 Å². The predicted octanol–water partition coefficient (Wildman–Crippen LogP) is 6.80. The zero-order chi connectivity index (χ0) is 39.7. The third-order valence-corrected chi connectivity index (χ3v) is 10.5. The minimum atomic E-state index is -1.23. The lowest BCUT2D eigenvalue weighted by molar-refractivity contribution is -0.141. The van der Waals surface area contributed by atoms with Crippen molar-refractivity contribution in [2.75, 3.05) is 49.5 Å². The number of amides is 3. The van der Waals surface area contributed by atoms with Crippen molar-refractivity contribution in [2.24, 2.45) is 0 Å². The van der Waals surface area contributed by atoms with Gasteiger partial charge in [0, 0.05) is 66.9 Å². The molecule has 2 aromatic heterocycles. The number of aryl methyl sites for hydroxylation is 1. The molecule has 0 aliphatic carbocycles. The van der Waals surface area contributed by atoms with Crippen molar-refractivity contribution >= 4 is 40.4 Å². The molecule has 57 heavy (non-hydrogen) atoms. The molecule has 4 heterocycles. The summed E-state index contributed by atoms with van der Waals surface area (Å²) >= 11 is 0. The van der Waals surface area contributed by atoms with E-state index in [4.69, 9.17) is 14.7 Å². The average Bonchev–Trinajstić information content (AvgIpc) is 3.90. The van der Waals surface area contributed by atoms with Gasteiger partial charge in [-0.25, -0.2) is 19.4 Å². The molecule has 2 aliphatic heterocycles. The summed E-state index contributed by atoms with van der Waals surface area (Å²) in [7, 11) is 0. The summed E-state index contributed by atoms with van der Waals surface area (Å²) in [6, 6.07) is 32.9. The Kier molecular flexibility index (Phi) is 9.90. The number of hydrogen-bond donors (Lipinski definition) is 1. The van der Waals surface area contributed by atoms with Crippen LogP contribution in [0.25, 0.3) is 33.4 Å². The van der Waals surface area contributed by atoms with E-state index in [-0.39, 0.29) is 18.4 Å². The molecule has 2 aliphatic rings. The largest absolute Gasteiger partial charge is 0.444 e. The number of nitrogens with one attached hydrogen (secondary N) is 1. The van der Waals surface area contributed by atoms with Crippen LogP contribution in [-0.4, -0.2) is 97.5 Å². The quantitative estimate of drug-likeness (QED) is 0.186. The Morgan fingerprint density at radius 3 is 2.21 bits per heavy atom. The second kappa shape index (κ2) is 15.1. The number of nitrogens with zero attached hydrogens (tertiary/aromatic N) is 8. The molecule has 13 heteroatoms. The number of hydrogen-bond acceptors (Lipinski definition) is 9. The van der Waals surface area contributed by atoms with Crippen molar-refractivity contribution in [3.63, 3.8) is 0 Å². The second-order valence-corrected chi connectivity index (χ2v) is 15.6. The maximum absolute atomic E-state index is 14.9. The molecule has 0 spiro atoms. The van der Waals surface area contributed by atoms with Gasteiger partial charge >= 0.3 is 6.09 Å². The molecule has 0 bridgehead atoms. The fourth-order valence-corrected chi connectivity index (χ4v) is 7.51. The highest BCUT2D eigenvalue weighted by atomic mass is 16.6. The number of rotatable bonds is 7. The molecule has 3 amide bonds. The summed E-state index contributed by atoms with van der Waals surface area (Å²) < 4.78 is 7.33. The molecular formula is C44H45N9O4. The summed E-state index contributed by atoms with van der Waals surface area (Å²) in [5.41, 5.74) is 3.95. The predicted molar refractivity (Wildman–Crippen MR) is 219 cm³/mol. The number of ether oxygens (including phenoxy) is 1. The number of benzene rings is 4. The minimum Gasteiger partial charge on any atom is -0.444 e. The van der Waals surface area contributed by atoms with Crippen LogP contribution in [0.1, 0.15) is 43.1 Å². The van der Waals surface area contributed by atoms with E-state index >= 15 is 0 Å². The van der Waals surface area contributed by atoms with E-state index in [1.807, 2.05) is 130 Å². The van der Waals surface area contributed by atoms with Crippen LogP contribution >= 0.6 is 0 Å². The van der Waals surface area contributed by atoms with E-state index < -0.39 is 17.2 Å². The summed E-state index contributed by atoms with van der Waals surface area (Å²) in [4.78, 5) is 57.1. The van der Waals surface area contributed by atoms with E-state index in [2.05, 4.69) is 20.5 Å². The summed E-state index contributed by atoms with van der Waals surface area (Å²) in [6.07, 6.45) is 1.57. The van der Waals surface area contributed by atoms with Crippen LogP contribution in [0.15, 0.2) is 109 Å². The van der Waals surface area contributed by atoms with Crippen molar-refractivity contribution in [1.82, 2.24) is 34.8 Å². The molecule has 1 N–H and O–H groups in total. The van der Waals surface area contributed by atoms with Crippen LogP contribution in [-0.2, 0) is 15.1 Å². The van der Waals surface area contributed by atoms with Crippen molar-refractivity contribution in [1.29, 1.82) is 0 Å². The topological polar surface area (TPSA) is 139 Å². The first-order valence-corrected chi connectivity index (χ1v) is 19.2. The van der Waals surface area contributed by atoms with Crippen LogP contribution in [0.2, 0.25) is 0 Å². The Hall–Kier alpha value is -6.63. The van der Waals surface area contributed by atoms with Gasteiger partial charge in [-0.05, 0) is 57.5 Å². The number of likely N-dealkylation sites (tertiary alicyclic amines) is 1. The molecule has 1 unspecified atom stereocenters. The molecule has 4 aromatic carbocycles.